The highest BCUT2D eigenvalue weighted by Crippen LogP contribution is 2.42. The van der Waals surface area contributed by atoms with E-state index in [1.54, 1.807) is 21.1 Å². The number of esters is 1. The lowest BCUT2D eigenvalue weighted by Gasteiger charge is -2.51. The number of aliphatic hydroxyl groups is 2. The second-order valence-electron chi connectivity index (χ2n) is 10.4. The first kappa shape index (κ1) is 29.7. The molecule has 0 unspecified atom stereocenters. The number of carbonyl (C=O) groups is 1. The number of cyclic esters (lactones) is 1. The first-order valence-electron chi connectivity index (χ1n) is 13.3. The number of hydrogen-bond acceptors (Lipinski definition) is 8. The van der Waals surface area contributed by atoms with Crippen LogP contribution in [0.15, 0.2) is 42.5 Å². The number of hydrogen-bond donors (Lipinski definition) is 2. The number of ether oxygens (including phenoxy) is 5. The summed E-state index contributed by atoms with van der Waals surface area (Å²) < 4.78 is 29.3. The van der Waals surface area contributed by atoms with Crippen molar-refractivity contribution in [2.45, 2.75) is 88.9 Å². The number of fused-ring (bicyclic) bond motifs is 2. The number of rotatable bonds is 4. The zero-order chi connectivity index (χ0) is 27.2. The van der Waals surface area contributed by atoms with Crippen LogP contribution in [0.3, 0.4) is 0 Å². The van der Waals surface area contributed by atoms with Gasteiger partial charge in [-0.15, -0.1) is 0 Å². The lowest BCUT2D eigenvalue weighted by Crippen LogP contribution is -2.66. The smallest absolute Gasteiger partial charge is 0.314 e. The van der Waals surface area contributed by atoms with Crippen molar-refractivity contribution in [3.05, 3.63) is 48.0 Å². The van der Waals surface area contributed by atoms with Crippen molar-refractivity contribution in [2.75, 3.05) is 21.3 Å². The molecule has 0 radical (unpaired) electrons. The lowest BCUT2D eigenvalue weighted by molar-refractivity contribution is -0.360. The molecule has 1 saturated heterocycles. The van der Waals surface area contributed by atoms with E-state index in [2.05, 4.69) is 0 Å². The number of carbonyl (C=O) groups excluding carboxylic acids is 1. The first-order chi connectivity index (χ1) is 17.7. The minimum Gasteiger partial charge on any atom is -0.457 e. The third-order valence-electron chi connectivity index (χ3n) is 8.03. The highest BCUT2D eigenvalue weighted by molar-refractivity contribution is 5.73. The van der Waals surface area contributed by atoms with Gasteiger partial charge in [0.15, 0.2) is 0 Å². The van der Waals surface area contributed by atoms with Gasteiger partial charge in [-0.25, -0.2) is 0 Å². The molecule has 8 nitrogen and oxygen atoms in total. The summed E-state index contributed by atoms with van der Waals surface area (Å²) in [7, 11) is 4.72. The topological polar surface area (TPSA) is 104 Å². The molecular formula is C29H44O8. The SMILES string of the molecule is CO[C@H]1CCCC[C@@H](c2ccccc2)OC(=O)[C@@H](C)[C@@]2(O)O[C@H]([C@@H](C)[C@H](O)[C@H]2OC)[C@@H](C)/C=C\[C@H]1OC. The minimum absolute atomic E-state index is 0.149. The van der Waals surface area contributed by atoms with E-state index in [1.165, 1.54) is 7.11 Å². The van der Waals surface area contributed by atoms with E-state index in [4.69, 9.17) is 23.7 Å². The molecule has 208 valence electrons. The van der Waals surface area contributed by atoms with Crippen LogP contribution in [-0.4, -0.2) is 73.8 Å². The van der Waals surface area contributed by atoms with Gasteiger partial charge >= 0.3 is 5.97 Å². The van der Waals surface area contributed by atoms with E-state index in [1.807, 2.05) is 56.3 Å². The van der Waals surface area contributed by atoms with E-state index >= 15 is 0 Å². The van der Waals surface area contributed by atoms with Gasteiger partial charge in [0.05, 0.1) is 18.3 Å². The summed E-state index contributed by atoms with van der Waals surface area (Å²) in [6, 6.07) is 9.58. The van der Waals surface area contributed by atoms with Crippen LogP contribution >= 0.6 is 0 Å². The van der Waals surface area contributed by atoms with Gasteiger partial charge in [0.25, 0.3) is 0 Å². The standard InChI is InChI=1S/C29H44O8/c1-18-16-17-24(34-5)23(33-4)15-11-10-14-22(21-12-8-7-9-13-21)36-28(31)20(3)29(32)27(35-6)25(30)19(2)26(18)37-29/h7-9,12-13,16-20,22-27,30,32H,10-11,14-15H2,1-6H3/b17-16-/t18-,19-,20+,22-,23-,24+,25-,26-,27+,29+/m0/s1. The maximum Gasteiger partial charge on any atom is 0.314 e. The Kier molecular flexibility index (Phi) is 10.7. The molecule has 10 atom stereocenters. The Bertz CT molecular complexity index is 876. The van der Waals surface area contributed by atoms with E-state index in [9.17, 15) is 15.0 Å². The van der Waals surface area contributed by atoms with Crippen molar-refractivity contribution in [2.24, 2.45) is 17.8 Å². The maximum absolute atomic E-state index is 13.5. The molecule has 3 rings (SSSR count). The van der Waals surface area contributed by atoms with Gasteiger partial charge in [-0.2, -0.15) is 0 Å². The Morgan fingerprint density at radius 2 is 1.62 bits per heavy atom. The van der Waals surface area contributed by atoms with Gasteiger partial charge in [0.2, 0.25) is 5.79 Å². The van der Waals surface area contributed by atoms with E-state index in [0.717, 1.165) is 24.8 Å². The third kappa shape index (κ3) is 6.61. The van der Waals surface area contributed by atoms with E-state index in [0.29, 0.717) is 6.42 Å². The van der Waals surface area contributed by atoms with Gasteiger partial charge in [-0.3, -0.25) is 4.79 Å². The van der Waals surface area contributed by atoms with Crippen LogP contribution in [0.5, 0.6) is 0 Å². The molecule has 0 saturated carbocycles. The summed E-state index contributed by atoms with van der Waals surface area (Å²) in [4.78, 5) is 13.5. The Morgan fingerprint density at radius 3 is 2.24 bits per heavy atom. The zero-order valence-corrected chi connectivity index (χ0v) is 22.9. The largest absolute Gasteiger partial charge is 0.457 e. The lowest BCUT2D eigenvalue weighted by atomic mass is 9.78. The fraction of sp³-hybridized carbons (Fsp3) is 0.690. The van der Waals surface area contributed by atoms with Gasteiger partial charge in [0, 0.05) is 33.2 Å². The van der Waals surface area contributed by atoms with Crippen molar-refractivity contribution in [1.82, 2.24) is 0 Å². The van der Waals surface area contributed by atoms with Crippen LogP contribution in [0, 0.1) is 17.8 Å². The molecule has 1 fully saturated rings. The van der Waals surface area contributed by atoms with Gasteiger partial charge in [0.1, 0.15) is 24.2 Å². The van der Waals surface area contributed by atoms with Crippen LogP contribution in [0.1, 0.15) is 58.1 Å². The predicted molar refractivity (Wildman–Crippen MR) is 139 cm³/mol. The molecule has 2 bridgehead atoms. The van der Waals surface area contributed by atoms with E-state index < -0.39 is 42.1 Å². The number of aliphatic hydroxyl groups excluding tert-OH is 1. The molecule has 2 heterocycles. The zero-order valence-electron chi connectivity index (χ0n) is 22.9. The summed E-state index contributed by atoms with van der Waals surface area (Å²) in [5, 5.41) is 22.9. The molecule has 0 aromatic heterocycles. The average molecular weight is 521 g/mol. The number of methoxy groups -OCH3 is 3. The first-order valence-corrected chi connectivity index (χ1v) is 13.3. The van der Waals surface area contributed by atoms with Crippen LogP contribution < -0.4 is 0 Å². The van der Waals surface area contributed by atoms with Crippen molar-refractivity contribution >= 4 is 5.97 Å². The molecule has 2 N–H and O–H groups in total. The molecule has 8 heteroatoms. The fourth-order valence-corrected chi connectivity index (χ4v) is 5.56. The van der Waals surface area contributed by atoms with Gasteiger partial charge in [-0.1, -0.05) is 62.8 Å². The van der Waals surface area contributed by atoms with Crippen LogP contribution in [0.4, 0.5) is 0 Å². The summed E-state index contributed by atoms with van der Waals surface area (Å²) in [6.45, 7) is 5.36. The molecular weight excluding hydrogens is 476 g/mol. The maximum atomic E-state index is 13.5. The van der Waals surface area contributed by atoms with Crippen molar-refractivity contribution < 1.29 is 38.7 Å². The minimum atomic E-state index is -2.08. The molecule has 0 spiro atoms. The molecule has 1 aromatic rings. The third-order valence-corrected chi connectivity index (χ3v) is 8.03. The summed E-state index contributed by atoms with van der Waals surface area (Å²) >= 11 is 0. The van der Waals surface area contributed by atoms with Crippen LogP contribution in [0.25, 0.3) is 0 Å². The fourth-order valence-electron chi connectivity index (χ4n) is 5.56. The molecule has 2 aliphatic rings. The number of benzene rings is 1. The Hall–Kier alpha value is -1.81. The van der Waals surface area contributed by atoms with Gasteiger partial charge < -0.3 is 33.9 Å². The Balaban J connectivity index is 2.01. The molecule has 2 aliphatic heterocycles. The highest BCUT2D eigenvalue weighted by Gasteiger charge is 2.58. The quantitative estimate of drug-likeness (QED) is 0.456. The Morgan fingerprint density at radius 1 is 0.946 bits per heavy atom. The molecule has 37 heavy (non-hydrogen) atoms. The van der Waals surface area contributed by atoms with Crippen molar-refractivity contribution in [3.63, 3.8) is 0 Å². The summed E-state index contributed by atoms with van der Waals surface area (Å²) in [5.74, 6) is -4.38. The van der Waals surface area contributed by atoms with E-state index in [-0.39, 0.29) is 24.0 Å². The second-order valence-corrected chi connectivity index (χ2v) is 10.4. The van der Waals surface area contributed by atoms with Crippen molar-refractivity contribution in [3.8, 4) is 0 Å². The second kappa shape index (κ2) is 13.3. The summed E-state index contributed by atoms with van der Waals surface area (Å²) in [6.07, 6.45) is 3.29. The highest BCUT2D eigenvalue weighted by atomic mass is 16.7. The normalized spacial score (nSPS) is 41.1. The average Bonchev–Trinajstić information content (AvgIpc) is 2.90. The predicted octanol–water partition coefficient (Wildman–Crippen LogP) is 3.80. The Labute approximate surface area is 220 Å². The monoisotopic (exact) mass is 520 g/mol. The molecule has 0 aliphatic carbocycles. The summed E-state index contributed by atoms with van der Waals surface area (Å²) in [5.41, 5.74) is 0.880. The van der Waals surface area contributed by atoms with Crippen LogP contribution in [-0.2, 0) is 28.5 Å². The molecule has 1 aromatic carbocycles. The molecule has 0 amide bonds. The van der Waals surface area contributed by atoms with Gasteiger partial charge in [-0.05, 0) is 31.7 Å². The van der Waals surface area contributed by atoms with Crippen molar-refractivity contribution in [1.29, 1.82) is 0 Å². The van der Waals surface area contributed by atoms with Crippen LogP contribution in [0.2, 0.25) is 0 Å².